The summed E-state index contributed by atoms with van der Waals surface area (Å²) in [4.78, 5) is 22.1. The van der Waals surface area contributed by atoms with E-state index in [1.54, 1.807) is 0 Å². The zero-order valence-corrected chi connectivity index (χ0v) is 9.79. The number of nitrogens with two attached hydrogens (primary N) is 1. The predicted octanol–water partition coefficient (Wildman–Crippen LogP) is 1.77. The Morgan fingerprint density at radius 2 is 2.12 bits per heavy atom. The van der Waals surface area contributed by atoms with Crippen molar-refractivity contribution in [2.45, 2.75) is 19.4 Å². The molecule has 0 aliphatic heterocycles. The van der Waals surface area contributed by atoms with Crippen molar-refractivity contribution < 1.29 is 19.1 Å². The molecule has 0 aliphatic carbocycles. The summed E-state index contributed by atoms with van der Waals surface area (Å²) in [5.41, 5.74) is 5.48. The molecule has 17 heavy (non-hydrogen) atoms. The van der Waals surface area contributed by atoms with Gasteiger partial charge in [0.1, 0.15) is 11.9 Å². The SMILES string of the molecule is Cc1cc(Cl)c(C(=O)CC(N)C(=O)O)cc1F. The van der Waals surface area contributed by atoms with Crippen molar-refractivity contribution in [3.63, 3.8) is 0 Å². The number of rotatable bonds is 4. The summed E-state index contributed by atoms with van der Waals surface area (Å²) >= 11 is 5.78. The van der Waals surface area contributed by atoms with Crippen LogP contribution in [-0.4, -0.2) is 22.9 Å². The van der Waals surface area contributed by atoms with Crippen molar-refractivity contribution in [2.24, 2.45) is 5.73 Å². The van der Waals surface area contributed by atoms with Crippen LogP contribution in [0.3, 0.4) is 0 Å². The Balaban J connectivity index is 2.97. The van der Waals surface area contributed by atoms with E-state index in [0.717, 1.165) is 6.07 Å². The lowest BCUT2D eigenvalue weighted by molar-refractivity contribution is -0.138. The van der Waals surface area contributed by atoms with E-state index in [1.165, 1.54) is 13.0 Å². The predicted molar refractivity (Wildman–Crippen MR) is 60.7 cm³/mol. The van der Waals surface area contributed by atoms with Crippen LogP contribution in [0.2, 0.25) is 5.02 Å². The molecule has 0 aliphatic rings. The molecule has 0 bridgehead atoms. The van der Waals surface area contributed by atoms with Gasteiger partial charge in [-0.2, -0.15) is 0 Å². The average Bonchev–Trinajstić information content (AvgIpc) is 2.22. The molecule has 6 heteroatoms. The van der Waals surface area contributed by atoms with Gasteiger partial charge in [0.2, 0.25) is 0 Å². The number of benzene rings is 1. The quantitative estimate of drug-likeness (QED) is 0.808. The van der Waals surface area contributed by atoms with Crippen molar-refractivity contribution in [1.82, 2.24) is 0 Å². The molecule has 1 aromatic carbocycles. The van der Waals surface area contributed by atoms with Crippen molar-refractivity contribution in [1.29, 1.82) is 0 Å². The Bertz CT molecular complexity index is 476. The number of carboxylic acids is 1. The van der Waals surface area contributed by atoms with E-state index in [9.17, 15) is 14.0 Å². The normalized spacial score (nSPS) is 12.2. The van der Waals surface area contributed by atoms with Crippen molar-refractivity contribution >= 4 is 23.4 Å². The van der Waals surface area contributed by atoms with Crippen LogP contribution < -0.4 is 5.73 Å². The molecule has 0 saturated carbocycles. The molecule has 3 N–H and O–H groups in total. The second-order valence-electron chi connectivity index (χ2n) is 3.65. The summed E-state index contributed by atoms with van der Waals surface area (Å²) in [6.45, 7) is 1.51. The summed E-state index contributed by atoms with van der Waals surface area (Å²) < 4.78 is 13.3. The fourth-order valence-electron chi connectivity index (χ4n) is 1.26. The van der Waals surface area contributed by atoms with E-state index in [2.05, 4.69) is 0 Å². The second kappa shape index (κ2) is 5.25. The Hall–Kier alpha value is -1.46. The van der Waals surface area contributed by atoms with E-state index < -0.39 is 30.0 Å². The first-order valence-electron chi connectivity index (χ1n) is 4.80. The number of aryl methyl sites for hydroxylation is 1. The number of Topliss-reactive ketones (excluding diaryl/α,β-unsaturated/α-hetero) is 1. The summed E-state index contributed by atoms with van der Waals surface area (Å²) in [5, 5.41) is 8.65. The molecule has 0 heterocycles. The van der Waals surface area contributed by atoms with E-state index in [0.29, 0.717) is 5.56 Å². The van der Waals surface area contributed by atoms with Crippen LogP contribution in [0.4, 0.5) is 4.39 Å². The molecule has 0 amide bonds. The number of carboxylic acid groups (broad SMARTS) is 1. The number of carbonyl (C=O) groups is 2. The van der Waals surface area contributed by atoms with Gasteiger partial charge in [-0.3, -0.25) is 9.59 Å². The maximum absolute atomic E-state index is 13.3. The Morgan fingerprint density at radius 1 is 1.53 bits per heavy atom. The number of ketones is 1. The maximum Gasteiger partial charge on any atom is 0.320 e. The molecule has 0 radical (unpaired) electrons. The van der Waals surface area contributed by atoms with Crippen molar-refractivity contribution in [2.75, 3.05) is 0 Å². The van der Waals surface area contributed by atoms with E-state index in [1.807, 2.05) is 0 Å². The van der Waals surface area contributed by atoms with Crippen LogP contribution >= 0.6 is 11.6 Å². The van der Waals surface area contributed by atoms with Crippen LogP contribution in [0, 0.1) is 12.7 Å². The molecule has 0 spiro atoms. The first-order valence-corrected chi connectivity index (χ1v) is 5.18. The van der Waals surface area contributed by atoms with Gasteiger partial charge in [-0.25, -0.2) is 4.39 Å². The summed E-state index contributed by atoms with van der Waals surface area (Å²) in [6.07, 6.45) is -0.419. The zero-order valence-electron chi connectivity index (χ0n) is 9.04. The van der Waals surface area contributed by atoms with Gasteiger partial charge in [-0.05, 0) is 24.6 Å². The van der Waals surface area contributed by atoms with E-state index in [4.69, 9.17) is 22.4 Å². The zero-order chi connectivity index (χ0) is 13.2. The topological polar surface area (TPSA) is 80.4 Å². The molecule has 1 aromatic rings. The third-order valence-electron chi connectivity index (χ3n) is 2.27. The highest BCUT2D eigenvalue weighted by Crippen LogP contribution is 2.22. The Kier molecular flexibility index (Phi) is 4.20. The summed E-state index contributed by atoms with van der Waals surface area (Å²) in [5.74, 6) is -2.45. The molecular formula is C11H11ClFNO3. The minimum Gasteiger partial charge on any atom is -0.480 e. The van der Waals surface area contributed by atoms with Gasteiger partial charge in [0.25, 0.3) is 0 Å². The smallest absolute Gasteiger partial charge is 0.320 e. The number of carbonyl (C=O) groups excluding carboxylic acids is 1. The largest absolute Gasteiger partial charge is 0.480 e. The molecule has 1 rings (SSSR count). The number of hydrogen-bond acceptors (Lipinski definition) is 3. The van der Waals surface area contributed by atoms with E-state index in [-0.39, 0.29) is 10.6 Å². The number of aliphatic carboxylic acids is 1. The molecule has 4 nitrogen and oxygen atoms in total. The minimum absolute atomic E-state index is 0.0496. The maximum atomic E-state index is 13.3. The summed E-state index contributed by atoms with van der Waals surface area (Å²) in [7, 11) is 0. The lowest BCUT2D eigenvalue weighted by Crippen LogP contribution is -2.32. The monoisotopic (exact) mass is 259 g/mol. The highest BCUT2D eigenvalue weighted by molar-refractivity contribution is 6.34. The standard InChI is InChI=1S/C11H11ClFNO3/c1-5-2-7(12)6(3-8(5)13)10(15)4-9(14)11(16)17/h2-3,9H,4,14H2,1H3,(H,16,17). The fraction of sp³-hybridized carbons (Fsp3) is 0.273. The van der Waals surface area contributed by atoms with Crippen molar-refractivity contribution in [3.8, 4) is 0 Å². The van der Waals surface area contributed by atoms with Gasteiger partial charge in [-0.1, -0.05) is 11.6 Å². The first kappa shape index (κ1) is 13.6. The van der Waals surface area contributed by atoms with Crippen LogP contribution in [0.15, 0.2) is 12.1 Å². The van der Waals surface area contributed by atoms with E-state index >= 15 is 0 Å². The molecular weight excluding hydrogens is 249 g/mol. The Labute approximate surface area is 102 Å². The minimum atomic E-state index is -1.32. The number of hydrogen-bond donors (Lipinski definition) is 2. The second-order valence-corrected chi connectivity index (χ2v) is 4.06. The van der Waals surface area contributed by atoms with Crippen LogP contribution in [0.1, 0.15) is 22.3 Å². The van der Waals surface area contributed by atoms with Crippen LogP contribution in [0.25, 0.3) is 0 Å². The molecule has 0 saturated heterocycles. The van der Waals surface area contributed by atoms with Gasteiger partial charge in [0.15, 0.2) is 5.78 Å². The number of halogens is 2. The lowest BCUT2D eigenvalue weighted by Gasteiger charge is -2.08. The highest BCUT2D eigenvalue weighted by Gasteiger charge is 2.20. The van der Waals surface area contributed by atoms with Crippen molar-refractivity contribution in [3.05, 3.63) is 34.1 Å². The molecule has 1 atom stereocenters. The molecule has 0 aromatic heterocycles. The van der Waals surface area contributed by atoms with Crippen LogP contribution in [0.5, 0.6) is 0 Å². The molecule has 92 valence electrons. The average molecular weight is 260 g/mol. The van der Waals surface area contributed by atoms with Gasteiger partial charge >= 0.3 is 5.97 Å². The Morgan fingerprint density at radius 3 is 2.65 bits per heavy atom. The van der Waals surface area contributed by atoms with Gasteiger partial charge in [0.05, 0.1) is 5.02 Å². The fourth-order valence-corrected chi connectivity index (χ4v) is 1.58. The van der Waals surface area contributed by atoms with Gasteiger partial charge < -0.3 is 10.8 Å². The third kappa shape index (κ3) is 3.25. The van der Waals surface area contributed by atoms with Crippen LogP contribution in [-0.2, 0) is 4.79 Å². The molecule has 0 fully saturated rings. The third-order valence-corrected chi connectivity index (χ3v) is 2.58. The lowest BCUT2D eigenvalue weighted by atomic mass is 10.0. The highest BCUT2D eigenvalue weighted by atomic mass is 35.5. The summed E-state index contributed by atoms with van der Waals surface area (Å²) in [6, 6.07) is 0.994. The molecule has 1 unspecified atom stereocenters. The van der Waals surface area contributed by atoms with Gasteiger partial charge in [-0.15, -0.1) is 0 Å². The first-order chi connectivity index (χ1) is 7.82. The van der Waals surface area contributed by atoms with Gasteiger partial charge in [0, 0.05) is 12.0 Å².